The summed E-state index contributed by atoms with van der Waals surface area (Å²) in [5.41, 5.74) is 2.60. The molecule has 2 aliphatic heterocycles. The number of nitrogens with one attached hydrogen (secondary N) is 2. The number of halogens is 3. The zero-order valence-electron chi connectivity index (χ0n) is 14.4. The maximum Gasteiger partial charge on any atom is 0.229 e. The normalized spacial score (nSPS) is 23.9. The van der Waals surface area contributed by atoms with Crippen LogP contribution in [0.25, 0.3) is 0 Å². The molecule has 26 heavy (non-hydrogen) atoms. The number of hydrogen-bond acceptors (Lipinski definition) is 3. The van der Waals surface area contributed by atoms with Crippen molar-refractivity contribution in [2.45, 2.75) is 19.4 Å². The van der Waals surface area contributed by atoms with Crippen LogP contribution in [-0.4, -0.2) is 40.4 Å². The molecule has 1 amide bonds. The van der Waals surface area contributed by atoms with Crippen LogP contribution >= 0.6 is 24.8 Å². The number of amides is 1. The van der Waals surface area contributed by atoms with Crippen LogP contribution in [0.2, 0.25) is 0 Å². The average Bonchev–Trinajstić information content (AvgIpc) is 3.23. The van der Waals surface area contributed by atoms with Crippen LogP contribution in [0, 0.1) is 24.6 Å². The second-order valence-corrected chi connectivity index (χ2v) is 6.78. The van der Waals surface area contributed by atoms with E-state index in [0.717, 1.165) is 36.6 Å². The van der Waals surface area contributed by atoms with Gasteiger partial charge >= 0.3 is 0 Å². The van der Waals surface area contributed by atoms with Crippen molar-refractivity contribution >= 4 is 30.7 Å². The third-order valence-corrected chi connectivity index (χ3v) is 5.33. The molecular weight excluding hydrogens is 378 g/mol. The highest BCUT2D eigenvalue weighted by atomic mass is 35.5. The summed E-state index contributed by atoms with van der Waals surface area (Å²) in [4.78, 5) is 22.1. The number of carbonyl (C=O) groups excluding carboxylic acids is 1. The standard InChI is InChI=1S/C18H21FN4O.2ClH/c1-11-16(22-10-21-11)6-17(24)23-9-13-7-20-8-15(13)18(23)12-3-2-4-14(19)5-12;;/h2-5,10,13,15,18,20H,6-9H2,1H3,(H,21,22);2*1H/t13-,15-,18+;;/m0../s1. The predicted octanol–water partition coefficient (Wildman–Crippen LogP) is 2.66. The number of benzene rings is 1. The summed E-state index contributed by atoms with van der Waals surface area (Å²) in [7, 11) is 0. The molecule has 8 heteroatoms. The van der Waals surface area contributed by atoms with Gasteiger partial charge in [0, 0.05) is 31.2 Å². The van der Waals surface area contributed by atoms with Gasteiger partial charge in [-0.2, -0.15) is 0 Å². The Morgan fingerprint density at radius 2 is 2.15 bits per heavy atom. The topological polar surface area (TPSA) is 61.0 Å². The Morgan fingerprint density at radius 3 is 2.85 bits per heavy atom. The Hall–Kier alpha value is -1.63. The second kappa shape index (κ2) is 8.37. The van der Waals surface area contributed by atoms with E-state index in [4.69, 9.17) is 0 Å². The molecule has 0 bridgehead atoms. The van der Waals surface area contributed by atoms with Gasteiger partial charge in [0.25, 0.3) is 0 Å². The molecule has 0 spiro atoms. The number of nitrogens with zero attached hydrogens (tertiary/aromatic N) is 2. The van der Waals surface area contributed by atoms with Gasteiger partial charge in [-0.1, -0.05) is 12.1 Å². The first-order valence-corrected chi connectivity index (χ1v) is 8.38. The Balaban J connectivity index is 0.00000121. The Labute approximate surface area is 164 Å². The highest BCUT2D eigenvalue weighted by molar-refractivity contribution is 5.85. The summed E-state index contributed by atoms with van der Waals surface area (Å²) in [5.74, 6) is 0.588. The lowest BCUT2D eigenvalue weighted by Crippen LogP contribution is -2.35. The van der Waals surface area contributed by atoms with Crippen LogP contribution in [0.5, 0.6) is 0 Å². The first kappa shape index (κ1) is 20.7. The molecule has 3 atom stereocenters. The molecule has 2 N–H and O–H groups in total. The van der Waals surface area contributed by atoms with Crippen LogP contribution in [-0.2, 0) is 11.2 Å². The van der Waals surface area contributed by atoms with Crippen molar-refractivity contribution in [3.63, 3.8) is 0 Å². The largest absolute Gasteiger partial charge is 0.348 e. The first-order chi connectivity index (χ1) is 11.6. The molecule has 2 saturated heterocycles. The fourth-order valence-electron chi connectivity index (χ4n) is 4.10. The van der Waals surface area contributed by atoms with Gasteiger partial charge in [-0.25, -0.2) is 9.37 Å². The van der Waals surface area contributed by atoms with Gasteiger partial charge in [0.05, 0.1) is 24.5 Å². The minimum Gasteiger partial charge on any atom is -0.348 e. The molecule has 142 valence electrons. The molecule has 1 aromatic heterocycles. The number of imidazole rings is 1. The summed E-state index contributed by atoms with van der Waals surface area (Å²) in [5, 5.41) is 3.40. The monoisotopic (exact) mass is 400 g/mol. The molecule has 0 saturated carbocycles. The Bertz CT molecular complexity index is 769. The van der Waals surface area contributed by atoms with Crippen LogP contribution in [0.4, 0.5) is 4.39 Å². The number of H-pyrrole nitrogens is 1. The number of hydrogen-bond donors (Lipinski definition) is 2. The van der Waals surface area contributed by atoms with Crippen molar-refractivity contribution in [2.24, 2.45) is 11.8 Å². The third kappa shape index (κ3) is 3.72. The molecule has 4 rings (SSSR count). The first-order valence-electron chi connectivity index (χ1n) is 8.38. The van der Waals surface area contributed by atoms with Gasteiger partial charge in [-0.05, 0) is 30.5 Å². The number of carbonyl (C=O) groups is 1. The maximum atomic E-state index is 13.7. The number of rotatable bonds is 3. The summed E-state index contributed by atoms with van der Waals surface area (Å²) >= 11 is 0. The third-order valence-electron chi connectivity index (χ3n) is 5.33. The van der Waals surface area contributed by atoms with Crippen LogP contribution < -0.4 is 5.32 Å². The van der Waals surface area contributed by atoms with E-state index in [0.29, 0.717) is 11.8 Å². The van der Waals surface area contributed by atoms with Crippen LogP contribution in [0.1, 0.15) is 23.0 Å². The molecule has 2 aromatic rings. The predicted molar refractivity (Wildman–Crippen MR) is 102 cm³/mol. The molecule has 2 aliphatic rings. The minimum atomic E-state index is -0.252. The summed E-state index contributed by atoms with van der Waals surface area (Å²) in [6.45, 7) is 4.43. The average molecular weight is 401 g/mol. The molecule has 5 nitrogen and oxygen atoms in total. The molecule has 2 fully saturated rings. The van der Waals surface area contributed by atoms with Crippen molar-refractivity contribution in [1.82, 2.24) is 20.2 Å². The lowest BCUT2D eigenvalue weighted by atomic mass is 9.89. The van der Waals surface area contributed by atoms with E-state index in [1.165, 1.54) is 6.07 Å². The van der Waals surface area contributed by atoms with E-state index in [9.17, 15) is 9.18 Å². The minimum absolute atomic E-state index is 0. The number of fused-ring (bicyclic) bond motifs is 1. The summed E-state index contributed by atoms with van der Waals surface area (Å²) < 4.78 is 13.7. The second-order valence-electron chi connectivity index (χ2n) is 6.78. The maximum absolute atomic E-state index is 13.7. The lowest BCUT2D eigenvalue weighted by molar-refractivity contribution is -0.132. The SMILES string of the molecule is Cc1[nH]cnc1CC(=O)N1C[C@@H]2CNC[C@@H]2[C@H]1c1cccc(F)c1.Cl.Cl. The van der Waals surface area contributed by atoms with Gasteiger partial charge in [-0.15, -0.1) is 24.8 Å². The number of aromatic amines is 1. The van der Waals surface area contributed by atoms with E-state index in [1.807, 2.05) is 17.9 Å². The van der Waals surface area contributed by atoms with E-state index < -0.39 is 0 Å². The highest BCUT2D eigenvalue weighted by Gasteiger charge is 2.46. The van der Waals surface area contributed by atoms with Crippen LogP contribution in [0.3, 0.4) is 0 Å². The number of likely N-dealkylation sites (tertiary alicyclic amines) is 1. The zero-order valence-corrected chi connectivity index (χ0v) is 16.1. The van der Waals surface area contributed by atoms with Gasteiger partial charge in [-0.3, -0.25) is 4.79 Å². The van der Waals surface area contributed by atoms with Gasteiger partial charge < -0.3 is 15.2 Å². The van der Waals surface area contributed by atoms with E-state index in [1.54, 1.807) is 18.5 Å². The number of aromatic nitrogens is 2. The molecule has 0 aliphatic carbocycles. The van der Waals surface area contributed by atoms with Crippen LogP contribution in [0.15, 0.2) is 30.6 Å². The quantitative estimate of drug-likeness (QED) is 0.832. The van der Waals surface area contributed by atoms with Crippen molar-refractivity contribution < 1.29 is 9.18 Å². The van der Waals surface area contributed by atoms with Gasteiger partial charge in [0.1, 0.15) is 5.82 Å². The van der Waals surface area contributed by atoms with Gasteiger partial charge in [0.2, 0.25) is 5.91 Å². The fraction of sp³-hybridized carbons (Fsp3) is 0.444. The van der Waals surface area contributed by atoms with Crippen molar-refractivity contribution in [3.8, 4) is 0 Å². The fourth-order valence-corrected chi connectivity index (χ4v) is 4.10. The molecule has 0 unspecified atom stereocenters. The lowest BCUT2D eigenvalue weighted by Gasteiger charge is -2.28. The van der Waals surface area contributed by atoms with Crippen molar-refractivity contribution in [1.29, 1.82) is 0 Å². The van der Waals surface area contributed by atoms with Crippen molar-refractivity contribution in [2.75, 3.05) is 19.6 Å². The summed E-state index contributed by atoms with van der Waals surface area (Å²) in [6.07, 6.45) is 1.90. The molecular formula is C18H23Cl2FN4O. The summed E-state index contributed by atoms with van der Waals surface area (Å²) in [6, 6.07) is 6.59. The van der Waals surface area contributed by atoms with Crippen molar-refractivity contribution in [3.05, 3.63) is 53.4 Å². The number of aryl methyl sites for hydroxylation is 1. The molecule has 1 aromatic carbocycles. The molecule has 3 heterocycles. The Kier molecular flexibility index (Phi) is 6.66. The van der Waals surface area contributed by atoms with E-state index >= 15 is 0 Å². The molecule has 0 radical (unpaired) electrons. The smallest absolute Gasteiger partial charge is 0.229 e. The zero-order chi connectivity index (χ0) is 16.7. The Morgan fingerprint density at radius 1 is 1.35 bits per heavy atom. The van der Waals surface area contributed by atoms with Gasteiger partial charge in [0.15, 0.2) is 0 Å². The highest BCUT2D eigenvalue weighted by Crippen LogP contribution is 2.42. The van der Waals surface area contributed by atoms with E-state index in [2.05, 4.69) is 15.3 Å². The van der Waals surface area contributed by atoms with E-state index in [-0.39, 0.29) is 49.0 Å².